The van der Waals surface area contributed by atoms with Gasteiger partial charge in [0.25, 0.3) is 0 Å². The SMILES string of the molecule is COc1c(C)cnc(CC(N)Cc2ccccc2Cl)c1C. The van der Waals surface area contributed by atoms with Crippen LogP contribution in [0.2, 0.25) is 5.02 Å². The maximum Gasteiger partial charge on any atom is 0.128 e. The maximum atomic E-state index is 6.27. The Bertz CT molecular complexity index is 628. The van der Waals surface area contributed by atoms with E-state index in [1.54, 1.807) is 7.11 Å². The van der Waals surface area contributed by atoms with Crippen molar-refractivity contribution in [3.8, 4) is 5.75 Å². The van der Waals surface area contributed by atoms with Crippen molar-refractivity contribution in [2.24, 2.45) is 5.73 Å². The van der Waals surface area contributed by atoms with E-state index in [-0.39, 0.29) is 6.04 Å². The summed E-state index contributed by atoms with van der Waals surface area (Å²) in [5.41, 5.74) is 10.4. The van der Waals surface area contributed by atoms with Gasteiger partial charge in [-0.05, 0) is 31.9 Å². The van der Waals surface area contributed by atoms with Crippen LogP contribution in [0.15, 0.2) is 30.5 Å². The molecular formula is C17H21ClN2O. The molecule has 0 fully saturated rings. The van der Waals surface area contributed by atoms with E-state index < -0.39 is 0 Å². The molecule has 3 nitrogen and oxygen atoms in total. The summed E-state index contributed by atoms with van der Waals surface area (Å²) in [6, 6.07) is 7.78. The second-order valence-electron chi connectivity index (χ2n) is 5.31. The molecule has 1 aromatic heterocycles. The van der Waals surface area contributed by atoms with Crippen molar-refractivity contribution in [1.82, 2.24) is 4.98 Å². The molecule has 112 valence electrons. The van der Waals surface area contributed by atoms with Gasteiger partial charge >= 0.3 is 0 Å². The average molecular weight is 305 g/mol. The minimum absolute atomic E-state index is 0.0245. The number of rotatable bonds is 5. The van der Waals surface area contributed by atoms with Gasteiger partial charge in [-0.25, -0.2) is 0 Å². The highest BCUT2D eigenvalue weighted by Gasteiger charge is 2.14. The number of methoxy groups -OCH3 is 1. The Balaban J connectivity index is 2.13. The first kappa shape index (κ1) is 15.8. The van der Waals surface area contributed by atoms with Gasteiger partial charge in [-0.15, -0.1) is 0 Å². The topological polar surface area (TPSA) is 48.1 Å². The van der Waals surface area contributed by atoms with Crippen molar-refractivity contribution in [3.63, 3.8) is 0 Å². The molecule has 0 aliphatic rings. The van der Waals surface area contributed by atoms with Gasteiger partial charge < -0.3 is 10.5 Å². The first-order chi connectivity index (χ1) is 10.0. The van der Waals surface area contributed by atoms with Gasteiger partial charge in [0.15, 0.2) is 0 Å². The largest absolute Gasteiger partial charge is 0.496 e. The number of aryl methyl sites for hydroxylation is 1. The lowest BCUT2D eigenvalue weighted by atomic mass is 9.99. The lowest BCUT2D eigenvalue weighted by Crippen LogP contribution is -2.26. The molecular weight excluding hydrogens is 284 g/mol. The molecule has 0 saturated carbocycles. The Morgan fingerprint density at radius 3 is 2.62 bits per heavy atom. The summed E-state index contributed by atoms with van der Waals surface area (Å²) in [7, 11) is 1.68. The number of aromatic nitrogens is 1. The van der Waals surface area contributed by atoms with Crippen molar-refractivity contribution < 1.29 is 4.74 Å². The van der Waals surface area contributed by atoms with Gasteiger partial charge in [0, 0.05) is 40.5 Å². The molecule has 1 atom stereocenters. The van der Waals surface area contributed by atoms with E-state index in [0.717, 1.165) is 39.6 Å². The third kappa shape index (κ3) is 3.74. The van der Waals surface area contributed by atoms with Gasteiger partial charge in [-0.1, -0.05) is 29.8 Å². The summed E-state index contributed by atoms with van der Waals surface area (Å²) >= 11 is 6.18. The van der Waals surface area contributed by atoms with Gasteiger partial charge in [-0.3, -0.25) is 4.98 Å². The summed E-state index contributed by atoms with van der Waals surface area (Å²) in [5.74, 6) is 0.893. The molecule has 2 rings (SSSR count). The van der Waals surface area contributed by atoms with Crippen LogP contribution in [0.1, 0.15) is 22.4 Å². The number of hydrogen-bond donors (Lipinski definition) is 1. The van der Waals surface area contributed by atoms with E-state index in [2.05, 4.69) is 4.98 Å². The standard InChI is InChI=1S/C17H21ClN2O/c1-11-10-20-16(12(2)17(11)21-3)9-14(19)8-13-6-4-5-7-15(13)18/h4-7,10,14H,8-9,19H2,1-3H3. The number of pyridine rings is 1. The summed E-state index contributed by atoms with van der Waals surface area (Å²) < 4.78 is 5.43. The third-order valence-electron chi connectivity index (χ3n) is 3.65. The fourth-order valence-electron chi connectivity index (χ4n) is 2.54. The van der Waals surface area contributed by atoms with E-state index in [9.17, 15) is 0 Å². The molecule has 2 aromatic rings. The van der Waals surface area contributed by atoms with Crippen LogP contribution < -0.4 is 10.5 Å². The van der Waals surface area contributed by atoms with Gasteiger partial charge in [0.2, 0.25) is 0 Å². The van der Waals surface area contributed by atoms with Crippen LogP contribution in [0.4, 0.5) is 0 Å². The number of nitrogens with two attached hydrogens (primary N) is 1. The smallest absolute Gasteiger partial charge is 0.128 e. The van der Waals surface area contributed by atoms with E-state index in [0.29, 0.717) is 6.42 Å². The Labute approximate surface area is 131 Å². The number of ether oxygens (including phenoxy) is 1. The monoisotopic (exact) mass is 304 g/mol. The maximum absolute atomic E-state index is 6.27. The first-order valence-electron chi connectivity index (χ1n) is 7.01. The molecule has 21 heavy (non-hydrogen) atoms. The van der Waals surface area contributed by atoms with Gasteiger partial charge in [-0.2, -0.15) is 0 Å². The number of halogens is 1. The summed E-state index contributed by atoms with van der Waals surface area (Å²) in [5, 5.41) is 0.763. The predicted octanol–water partition coefficient (Wildman–Crippen LogP) is 3.47. The molecule has 0 aliphatic heterocycles. The van der Waals surface area contributed by atoms with E-state index >= 15 is 0 Å². The zero-order valence-corrected chi connectivity index (χ0v) is 13.4. The minimum Gasteiger partial charge on any atom is -0.496 e. The zero-order chi connectivity index (χ0) is 15.4. The first-order valence-corrected chi connectivity index (χ1v) is 7.38. The van der Waals surface area contributed by atoms with E-state index in [1.807, 2.05) is 44.3 Å². The normalized spacial score (nSPS) is 12.2. The van der Waals surface area contributed by atoms with Gasteiger partial charge in [0.05, 0.1) is 7.11 Å². The van der Waals surface area contributed by atoms with Crippen LogP contribution in [0.5, 0.6) is 5.75 Å². The molecule has 1 aromatic carbocycles. The summed E-state index contributed by atoms with van der Waals surface area (Å²) in [6.45, 7) is 4.02. The second-order valence-corrected chi connectivity index (χ2v) is 5.71. The summed E-state index contributed by atoms with van der Waals surface area (Å²) in [4.78, 5) is 4.50. The molecule has 4 heteroatoms. The minimum atomic E-state index is -0.0245. The van der Waals surface area contributed by atoms with Crippen LogP contribution in [0.25, 0.3) is 0 Å². The van der Waals surface area contributed by atoms with Crippen LogP contribution >= 0.6 is 11.6 Å². The quantitative estimate of drug-likeness (QED) is 0.920. The Kier molecular flexibility index (Phi) is 5.21. The van der Waals surface area contributed by atoms with Crippen molar-refractivity contribution in [2.45, 2.75) is 32.7 Å². The number of hydrogen-bond acceptors (Lipinski definition) is 3. The molecule has 1 unspecified atom stereocenters. The van der Waals surface area contributed by atoms with Gasteiger partial charge in [0.1, 0.15) is 5.75 Å². The molecule has 0 radical (unpaired) electrons. The van der Waals surface area contributed by atoms with Crippen molar-refractivity contribution in [1.29, 1.82) is 0 Å². The van der Waals surface area contributed by atoms with Crippen molar-refractivity contribution >= 4 is 11.6 Å². The molecule has 1 heterocycles. The van der Waals surface area contributed by atoms with Crippen LogP contribution in [0, 0.1) is 13.8 Å². The van der Waals surface area contributed by atoms with E-state index in [1.165, 1.54) is 0 Å². The second kappa shape index (κ2) is 6.92. The lowest BCUT2D eigenvalue weighted by Gasteiger charge is -2.16. The van der Waals surface area contributed by atoms with E-state index in [4.69, 9.17) is 22.1 Å². The highest BCUT2D eigenvalue weighted by atomic mass is 35.5. The van der Waals surface area contributed by atoms with Crippen LogP contribution in [-0.2, 0) is 12.8 Å². The molecule has 0 amide bonds. The Morgan fingerprint density at radius 1 is 1.24 bits per heavy atom. The van der Waals surface area contributed by atoms with Crippen molar-refractivity contribution in [2.75, 3.05) is 7.11 Å². The molecule has 0 spiro atoms. The van der Waals surface area contributed by atoms with Crippen LogP contribution in [0.3, 0.4) is 0 Å². The lowest BCUT2D eigenvalue weighted by molar-refractivity contribution is 0.406. The molecule has 0 aliphatic carbocycles. The molecule has 2 N–H and O–H groups in total. The number of benzene rings is 1. The highest BCUT2D eigenvalue weighted by Crippen LogP contribution is 2.25. The third-order valence-corrected chi connectivity index (χ3v) is 4.01. The van der Waals surface area contributed by atoms with Crippen LogP contribution in [-0.4, -0.2) is 18.1 Å². The Morgan fingerprint density at radius 2 is 1.95 bits per heavy atom. The van der Waals surface area contributed by atoms with Crippen molar-refractivity contribution in [3.05, 3.63) is 57.9 Å². The fraction of sp³-hybridized carbons (Fsp3) is 0.353. The zero-order valence-electron chi connectivity index (χ0n) is 12.7. The fourth-order valence-corrected chi connectivity index (χ4v) is 2.76. The predicted molar refractivity (Wildman–Crippen MR) is 87.1 cm³/mol. The average Bonchev–Trinajstić information content (AvgIpc) is 2.45. The molecule has 0 bridgehead atoms. The number of nitrogens with zero attached hydrogens (tertiary/aromatic N) is 1. The summed E-state index contributed by atoms with van der Waals surface area (Å²) in [6.07, 6.45) is 3.27. The Hall–Kier alpha value is -1.58. The molecule has 0 saturated heterocycles. The highest BCUT2D eigenvalue weighted by molar-refractivity contribution is 6.31.